The molecule has 0 saturated heterocycles. The van der Waals surface area contributed by atoms with Crippen LogP contribution in [0.2, 0.25) is 0 Å². The number of benzene rings is 2. The highest BCUT2D eigenvalue weighted by Gasteiger charge is 2.10. The molecule has 2 rings (SSSR count). The van der Waals surface area contributed by atoms with E-state index in [9.17, 15) is 9.50 Å². The van der Waals surface area contributed by atoms with Crippen molar-refractivity contribution in [2.24, 2.45) is 4.99 Å². The molecule has 0 spiro atoms. The maximum absolute atomic E-state index is 13.0. The van der Waals surface area contributed by atoms with Gasteiger partial charge in [-0.15, -0.1) is 0 Å². The summed E-state index contributed by atoms with van der Waals surface area (Å²) in [7, 11) is 1.96. The summed E-state index contributed by atoms with van der Waals surface area (Å²) in [5.74, 6) is 0.410. The maximum Gasteiger partial charge on any atom is 0.194 e. The van der Waals surface area contributed by atoms with Crippen LogP contribution in [0.3, 0.4) is 0 Å². The van der Waals surface area contributed by atoms with E-state index in [1.807, 2.05) is 37.1 Å². The Hall–Kier alpha value is -2.40. The summed E-state index contributed by atoms with van der Waals surface area (Å²) in [5, 5.41) is 13.4. The average molecular weight is 329 g/mol. The topological polar surface area (TPSA) is 47.9 Å². The van der Waals surface area contributed by atoms with Crippen LogP contribution in [0.5, 0.6) is 0 Å². The third-order valence-electron chi connectivity index (χ3n) is 3.63. The number of hydrogen-bond donors (Lipinski definition) is 2. The minimum Gasteiger partial charge on any atom is -0.386 e. The highest BCUT2D eigenvalue weighted by molar-refractivity contribution is 5.79. The number of aliphatic imine (C=N–C) groups is 1. The second-order valence-electron chi connectivity index (χ2n) is 5.60. The van der Waals surface area contributed by atoms with Crippen LogP contribution in [0.4, 0.5) is 4.39 Å². The molecule has 24 heavy (non-hydrogen) atoms. The van der Waals surface area contributed by atoms with E-state index in [-0.39, 0.29) is 12.4 Å². The number of rotatable bonds is 6. The Bertz CT molecular complexity index is 643. The Balaban J connectivity index is 2.02. The van der Waals surface area contributed by atoms with Gasteiger partial charge in [0.1, 0.15) is 5.82 Å². The highest BCUT2D eigenvalue weighted by atomic mass is 19.1. The molecule has 2 aromatic rings. The van der Waals surface area contributed by atoms with Gasteiger partial charge < -0.3 is 15.3 Å². The third kappa shape index (κ3) is 5.35. The summed E-state index contributed by atoms with van der Waals surface area (Å²) in [6.45, 7) is 3.68. The van der Waals surface area contributed by atoms with Crippen molar-refractivity contribution in [3.8, 4) is 0 Å². The van der Waals surface area contributed by atoms with Gasteiger partial charge in [0.25, 0.3) is 0 Å². The van der Waals surface area contributed by atoms with Crippen LogP contribution in [0.1, 0.15) is 24.2 Å². The summed E-state index contributed by atoms with van der Waals surface area (Å²) < 4.78 is 13.0. The van der Waals surface area contributed by atoms with Crippen molar-refractivity contribution in [1.82, 2.24) is 10.2 Å². The van der Waals surface area contributed by atoms with Gasteiger partial charge in [-0.1, -0.05) is 42.5 Å². The standard InChI is InChI=1S/C19H24FN3O/c1-3-21-19(23(2)14-15-7-5-4-6-8-15)22-13-18(24)16-9-11-17(20)12-10-16/h4-12,18,24H,3,13-14H2,1-2H3,(H,21,22). The van der Waals surface area contributed by atoms with E-state index in [1.165, 1.54) is 17.7 Å². The largest absolute Gasteiger partial charge is 0.386 e. The molecule has 0 aliphatic rings. The lowest BCUT2D eigenvalue weighted by atomic mass is 10.1. The Morgan fingerprint density at radius 1 is 1.17 bits per heavy atom. The minimum absolute atomic E-state index is 0.215. The van der Waals surface area contributed by atoms with Gasteiger partial charge in [0.05, 0.1) is 12.6 Å². The maximum atomic E-state index is 13.0. The molecule has 2 aromatic carbocycles. The van der Waals surface area contributed by atoms with E-state index >= 15 is 0 Å². The highest BCUT2D eigenvalue weighted by Crippen LogP contribution is 2.14. The molecule has 0 heterocycles. The summed E-state index contributed by atoms with van der Waals surface area (Å²) in [6, 6.07) is 16.0. The molecule has 0 bridgehead atoms. The zero-order valence-corrected chi connectivity index (χ0v) is 14.1. The number of hydrogen-bond acceptors (Lipinski definition) is 2. The Morgan fingerprint density at radius 2 is 1.83 bits per heavy atom. The fraction of sp³-hybridized carbons (Fsp3) is 0.316. The van der Waals surface area contributed by atoms with Crippen molar-refractivity contribution in [2.45, 2.75) is 19.6 Å². The third-order valence-corrected chi connectivity index (χ3v) is 3.63. The van der Waals surface area contributed by atoms with Crippen LogP contribution in [0.25, 0.3) is 0 Å². The minimum atomic E-state index is -0.760. The van der Waals surface area contributed by atoms with E-state index in [0.29, 0.717) is 5.56 Å². The molecule has 2 N–H and O–H groups in total. The van der Waals surface area contributed by atoms with Gasteiger partial charge in [-0.05, 0) is 30.2 Å². The van der Waals surface area contributed by atoms with E-state index in [0.717, 1.165) is 19.0 Å². The van der Waals surface area contributed by atoms with Crippen molar-refractivity contribution in [1.29, 1.82) is 0 Å². The van der Waals surface area contributed by atoms with E-state index in [4.69, 9.17) is 0 Å². The molecular formula is C19H24FN3O. The molecular weight excluding hydrogens is 305 g/mol. The zero-order chi connectivity index (χ0) is 17.4. The van der Waals surface area contributed by atoms with Gasteiger partial charge in [-0.3, -0.25) is 4.99 Å². The molecule has 5 heteroatoms. The number of halogens is 1. The van der Waals surface area contributed by atoms with Gasteiger partial charge in [0, 0.05) is 20.1 Å². The summed E-state index contributed by atoms with van der Waals surface area (Å²) in [4.78, 5) is 6.51. The molecule has 1 atom stereocenters. The molecule has 4 nitrogen and oxygen atoms in total. The van der Waals surface area contributed by atoms with Crippen molar-refractivity contribution in [2.75, 3.05) is 20.1 Å². The van der Waals surface area contributed by atoms with Crippen LogP contribution < -0.4 is 5.32 Å². The Kier molecular flexibility index (Phi) is 6.75. The lowest BCUT2D eigenvalue weighted by Crippen LogP contribution is -2.38. The van der Waals surface area contributed by atoms with Gasteiger partial charge >= 0.3 is 0 Å². The summed E-state index contributed by atoms with van der Waals surface area (Å²) in [6.07, 6.45) is -0.760. The smallest absolute Gasteiger partial charge is 0.194 e. The Labute approximate surface area is 142 Å². The fourth-order valence-corrected chi connectivity index (χ4v) is 2.37. The number of nitrogens with zero attached hydrogens (tertiary/aromatic N) is 2. The van der Waals surface area contributed by atoms with Gasteiger partial charge in [-0.2, -0.15) is 0 Å². The van der Waals surface area contributed by atoms with Crippen molar-refractivity contribution in [3.63, 3.8) is 0 Å². The van der Waals surface area contributed by atoms with E-state index in [2.05, 4.69) is 22.4 Å². The normalized spacial score (nSPS) is 12.8. The molecule has 0 aromatic heterocycles. The van der Waals surface area contributed by atoms with Gasteiger partial charge in [0.15, 0.2) is 5.96 Å². The predicted molar refractivity (Wildman–Crippen MR) is 95.2 cm³/mol. The lowest BCUT2D eigenvalue weighted by molar-refractivity contribution is 0.186. The number of aliphatic hydroxyl groups excluding tert-OH is 1. The fourth-order valence-electron chi connectivity index (χ4n) is 2.37. The number of guanidine groups is 1. The van der Waals surface area contributed by atoms with E-state index < -0.39 is 6.10 Å². The molecule has 128 valence electrons. The molecule has 0 aliphatic carbocycles. The van der Waals surface area contributed by atoms with Crippen LogP contribution in [0.15, 0.2) is 59.6 Å². The molecule has 0 aliphatic heterocycles. The summed E-state index contributed by atoms with van der Waals surface area (Å²) in [5.41, 5.74) is 1.84. The SMILES string of the molecule is CCNC(=NCC(O)c1ccc(F)cc1)N(C)Cc1ccccc1. The first-order chi connectivity index (χ1) is 11.6. The second-order valence-corrected chi connectivity index (χ2v) is 5.60. The van der Waals surface area contributed by atoms with Crippen LogP contribution in [0, 0.1) is 5.82 Å². The molecule has 0 amide bonds. The second kappa shape index (κ2) is 9.03. The molecule has 0 radical (unpaired) electrons. The van der Waals surface area contributed by atoms with Gasteiger partial charge in [0.2, 0.25) is 0 Å². The lowest BCUT2D eigenvalue weighted by Gasteiger charge is -2.22. The summed E-state index contributed by atoms with van der Waals surface area (Å²) >= 11 is 0. The molecule has 1 unspecified atom stereocenters. The average Bonchev–Trinajstić information content (AvgIpc) is 2.59. The molecule has 0 saturated carbocycles. The Morgan fingerprint density at radius 3 is 2.46 bits per heavy atom. The quantitative estimate of drug-likeness (QED) is 0.633. The first-order valence-corrected chi connectivity index (χ1v) is 8.07. The zero-order valence-electron chi connectivity index (χ0n) is 14.1. The first-order valence-electron chi connectivity index (χ1n) is 8.07. The van der Waals surface area contributed by atoms with Gasteiger partial charge in [-0.25, -0.2) is 4.39 Å². The number of aliphatic hydroxyl groups is 1. The van der Waals surface area contributed by atoms with Crippen molar-refractivity contribution < 1.29 is 9.50 Å². The van der Waals surface area contributed by atoms with E-state index in [1.54, 1.807) is 12.1 Å². The monoisotopic (exact) mass is 329 g/mol. The van der Waals surface area contributed by atoms with Crippen molar-refractivity contribution in [3.05, 3.63) is 71.5 Å². The van der Waals surface area contributed by atoms with Crippen molar-refractivity contribution >= 4 is 5.96 Å². The first kappa shape index (κ1) is 17.9. The predicted octanol–water partition coefficient (Wildman–Crippen LogP) is 2.96. The van der Waals surface area contributed by atoms with Crippen LogP contribution >= 0.6 is 0 Å². The molecule has 0 fully saturated rings. The number of nitrogens with one attached hydrogen (secondary N) is 1. The van der Waals surface area contributed by atoms with Crippen LogP contribution in [-0.2, 0) is 6.54 Å². The van der Waals surface area contributed by atoms with Crippen LogP contribution in [-0.4, -0.2) is 36.1 Å².